The Morgan fingerprint density at radius 3 is 1.96 bits per heavy atom. The third kappa shape index (κ3) is 5.41. The van der Waals surface area contributed by atoms with Gasteiger partial charge in [0.2, 0.25) is 0 Å². The predicted octanol–water partition coefficient (Wildman–Crippen LogP) is 15.2. The first-order chi connectivity index (χ1) is 33.6. The summed E-state index contributed by atoms with van der Waals surface area (Å²) in [6.45, 7) is 4.75. The van der Waals surface area contributed by atoms with E-state index in [9.17, 15) is 0 Å². The summed E-state index contributed by atoms with van der Waals surface area (Å²) >= 11 is 1.97. The van der Waals surface area contributed by atoms with E-state index in [1.165, 1.54) is 99.1 Å². The van der Waals surface area contributed by atoms with E-state index in [4.69, 9.17) is 4.42 Å². The number of nitrogens with zero attached hydrogens (tertiary/aromatic N) is 3. The predicted molar refractivity (Wildman–Crippen MR) is 285 cm³/mol. The van der Waals surface area contributed by atoms with Crippen LogP contribution < -0.4 is 20.7 Å². The van der Waals surface area contributed by atoms with Gasteiger partial charge in [0.05, 0.1) is 11.2 Å². The Kier molecular flexibility index (Phi) is 8.15. The Morgan fingerprint density at radius 2 is 1.22 bits per heavy atom. The summed E-state index contributed by atoms with van der Waals surface area (Å²) in [5.74, 6) is 0.702. The first-order valence-electron chi connectivity index (χ1n) is 24.1. The molecular formula is C62H44BN3OS. The number of benzene rings is 8. The van der Waals surface area contributed by atoms with Gasteiger partial charge in [-0.1, -0.05) is 159 Å². The fourth-order valence-corrected chi connectivity index (χ4v) is 13.7. The van der Waals surface area contributed by atoms with Crippen LogP contribution in [0, 0.1) is 11.8 Å². The average molecular weight is 890 g/mol. The summed E-state index contributed by atoms with van der Waals surface area (Å²) in [5.41, 5.74) is 23.5. The number of anilines is 4. The van der Waals surface area contributed by atoms with E-state index < -0.39 is 0 Å². The van der Waals surface area contributed by atoms with Gasteiger partial charge in [-0.25, -0.2) is 0 Å². The minimum Gasteiger partial charge on any atom is -0.454 e. The van der Waals surface area contributed by atoms with Crippen molar-refractivity contribution in [2.24, 2.45) is 11.8 Å². The van der Waals surface area contributed by atoms with E-state index in [1.807, 2.05) is 11.8 Å². The second-order valence-electron chi connectivity index (χ2n) is 19.4. The molecule has 2 aliphatic carbocycles. The highest BCUT2D eigenvalue weighted by Gasteiger charge is 2.52. The molecule has 0 spiro atoms. The zero-order chi connectivity index (χ0) is 44.8. The van der Waals surface area contributed by atoms with Crippen molar-refractivity contribution in [3.05, 3.63) is 216 Å². The molecule has 0 fully saturated rings. The molecule has 3 aliphatic heterocycles. The molecule has 10 aromatic rings. The van der Waals surface area contributed by atoms with Crippen LogP contribution in [0.1, 0.15) is 31.5 Å². The summed E-state index contributed by atoms with van der Waals surface area (Å²) in [7, 11) is 0. The van der Waals surface area contributed by atoms with Gasteiger partial charge in [0, 0.05) is 65.8 Å². The summed E-state index contributed by atoms with van der Waals surface area (Å²) < 4.78 is 9.75. The van der Waals surface area contributed by atoms with Gasteiger partial charge in [-0.05, 0) is 130 Å². The molecular weight excluding hydrogens is 846 g/mol. The number of allylic oxidation sites excluding steroid dienone is 4. The fourth-order valence-electron chi connectivity index (χ4n) is 12.3. The molecule has 2 atom stereocenters. The summed E-state index contributed by atoms with van der Waals surface area (Å²) in [4.78, 5) is 7.91. The number of rotatable bonds is 5. The minimum atomic E-state index is -0.0188. The smallest absolute Gasteiger partial charge is 0.254 e. The van der Waals surface area contributed by atoms with Crippen molar-refractivity contribution in [1.82, 2.24) is 4.57 Å². The van der Waals surface area contributed by atoms with Crippen LogP contribution in [0.5, 0.6) is 0 Å². The largest absolute Gasteiger partial charge is 0.454 e. The highest BCUT2D eigenvalue weighted by atomic mass is 32.2. The maximum Gasteiger partial charge on any atom is 0.254 e. The quantitative estimate of drug-likeness (QED) is 0.161. The van der Waals surface area contributed by atoms with Gasteiger partial charge in [-0.2, -0.15) is 0 Å². The van der Waals surface area contributed by atoms with Gasteiger partial charge < -0.3 is 18.8 Å². The lowest BCUT2D eigenvalue weighted by Crippen LogP contribution is -2.59. The molecule has 5 aliphatic rings. The molecule has 2 aromatic heterocycles. The van der Waals surface area contributed by atoms with Crippen molar-refractivity contribution in [3.8, 4) is 27.9 Å². The van der Waals surface area contributed by atoms with Crippen LogP contribution in [0.2, 0.25) is 0 Å². The van der Waals surface area contributed by atoms with E-state index >= 15 is 0 Å². The van der Waals surface area contributed by atoms with Gasteiger partial charge in [0.15, 0.2) is 5.58 Å². The first kappa shape index (κ1) is 38.4. The molecule has 322 valence electrons. The van der Waals surface area contributed by atoms with E-state index in [-0.39, 0.29) is 12.6 Å². The third-order valence-corrected chi connectivity index (χ3v) is 16.3. The second kappa shape index (κ2) is 14.4. The molecule has 0 radical (unpaired) electrons. The molecule has 2 unspecified atom stereocenters. The van der Waals surface area contributed by atoms with Crippen LogP contribution in [0.4, 0.5) is 22.7 Å². The molecule has 0 saturated heterocycles. The van der Waals surface area contributed by atoms with Gasteiger partial charge in [0.1, 0.15) is 5.58 Å². The van der Waals surface area contributed by atoms with Gasteiger partial charge in [-0.15, -0.1) is 0 Å². The van der Waals surface area contributed by atoms with Crippen LogP contribution in [-0.2, 0) is 6.42 Å². The number of fused-ring (bicyclic) bond motifs is 8. The van der Waals surface area contributed by atoms with E-state index in [0.717, 1.165) is 46.2 Å². The lowest BCUT2D eigenvalue weighted by atomic mass is 9.31. The van der Waals surface area contributed by atoms with Crippen molar-refractivity contribution in [1.29, 1.82) is 0 Å². The molecule has 0 saturated carbocycles. The molecule has 0 bridgehead atoms. The van der Waals surface area contributed by atoms with Crippen LogP contribution in [0.25, 0.3) is 66.9 Å². The minimum absolute atomic E-state index is 0.0188. The van der Waals surface area contributed by atoms with Crippen LogP contribution in [0.15, 0.2) is 219 Å². The fraction of sp³-hybridized carbons (Fsp3) is 0.0968. The summed E-state index contributed by atoms with van der Waals surface area (Å²) in [5, 5.41) is 3.65. The normalized spacial score (nSPS) is 17.6. The second-order valence-corrected chi connectivity index (χ2v) is 20.4. The van der Waals surface area contributed by atoms with Crippen molar-refractivity contribution >= 4 is 91.1 Å². The van der Waals surface area contributed by atoms with Gasteiger partial charge in [-0.3, -0.25) is 0 Å². The zero-order valence-electron chi connectivity index (χ0n) is 37.8. The maximum absolute atomic E-state index is 7.17. The Bertz CT molecular complexity index is 3880. The first-order valence-corrected chi connectivity index (χ1v) is 24.9. The van der Waals surface area contributed by atoms with Crippen LogP contribution in [-0.4, -0.2) is 11.3 Å². The highest BCUT2D eigenvalue weighted by Crippen LogP contribution is 2.57. The molecule has 0 amide bonds. The summed E-state index contributed by atoms with van der Waals surface area (Å²) in [6.07, 6.45) is 9.29. The molecule has 5 heterocycles. The Hall–Kier alpha value is -7.67. The van der Waals surface area contributed by atoms with E-state index in [0.29, 0.717) is 5.92 Å². The van der Waals surface area contributed by atoms with Gasteiger partial charge >= 0.3 is 0 Å². The molecule has 0 N–H and O–H groups in total. The van der Waals surface area contributed by atoms with E-state index in [2.05, 4.69) is 222 Å². The Labute approximate surface area is 400 Å². The van der Waals surface area contributed by atoms with Crippen molar-refractivity contribution in [2.75, 3.05) is 9.80 Å². The lowest BCUT2D eigenvalue weighted by Gasteiger charge is -2.50. The Morgan fingerprint density at radius 1 is 0.574 bits per heavy atom. The molecule has 68 heavy (non-hydrogen) atoms. The van der Waals surface area contributed by atoms with Crippen molar-refractivity contribution in [3.63, 3.8) is 0 Å². The third-order valence-electron chi connectivity index (χ3n) is 15.2. The van der Waals surface area contributed by atoms with Crippen molar-refractivity contribution < 1.29 is 4.42 Å². The number of hydrogen-bond donors (Lipinski definition) is 0. The summed E-state index contributed by atoms with van der Waals surface area (Å²) in [6, 6.07) is 64.9. The molecule has 15 rings (SSSR count). The number of furan rings is 1. The highest BCUT2D eigenvalue weighted by molar-refractivity contribution is 8.00. The average Bonchev–Trinajstić information content (AvgIpc) is 3.92. The van der Waals surface area contributed by atoms with Crippen molar-refractivity contribution in [2.45, 2.75) is 36.5 Å². The molecule has 4 nitrogen and oxygen atoms in total. The van der Waals surface area contributed by atoms with Crippen LogP contribution in [0.3, 0.4) is 0 Å². The molecule has 6 heteroatoms. The maximum atomic E-state index is 7.17. The molecule has 8 aromatic carbocycles. The standard InChI is InChI=1S/C62H44BN3OS/c1-37-28-29-50-47(30-37)48-35-53-57-62(59(48)65(50)43-22-10-5-11-23-43)68-55-36-49-46-26-12-13-27-54(46)67-61(49)60-58(55)63(57)56-51(64(53)44-24-14-20-41(33-44)39-16-6-3-7-17-39)31-38(2)32-52(56)66(60)45-25-15-21-42(34-45)40-18-8-4-9-19-40/h3-29,32-38H,30-31H2,1-2H3. The SMILES string of the molecule is CC1C=C2C3=C(C1)N(c1cccc(-c4ccccc4)c1)c1cc4c5c(n(-c6ccccc6)c4c4c1B3c1c(cc3c(oc6ccccc63)c1N2c1cccc(-c2ccccc2)c1)S4)C=CC(C)C5. The van der Waals surface area contributed by atoms with Gasteiger partial charge in [0.25, 0.3) is 6.71 Å². The number of hydrogen-bond acceptors (Lipinski definition) is 4. The lowest BCUT2D eigenvalue weighted by molar-refractivity contribution is 0.665. The monoisotopic (exact) mass is 889 g/mol. The number of para-hydroxylation sites is 2. The van der Waals surface area contributed by atoms with Crippen LogP contribution >= 0.6 is 11.8 Å². The number of aromatic nitrogens is 1. The Balaban J connectivity index is 1.10. The zero-order valence-corrected chi connectivity index (χ0v) is 38.6. The van der Waals surface area contributed by atoms with E-state index in [1.54, 1.807) is 0 Å². The topological polar surface area (TPSA) is 24.6 Å².